The molecule has 0 bridgehead atoms. The molecule has 0 amide bonds. The second-order valence-electron chi connectivity index (χ2n) is 6.56. The van der Waals surface area contributed by atoms with Crippen molar-refractivity contribution >= 4 is 11.8 Å². The average Bonchev–Trinajstić information content (AvgIpc) is 3.01. The molecule has 1 atom stereocenters. The number of Topliss-reactive ketones (excluding diaryl/α,β-unsaturated/α-hetero) is 1. The largest absolute Gasteiger partial charge is 0.461 e. The Morgan fingerprint density at radius 3 is 2.19 bits per heavy atom. The van der Waals surface area contributed by atoms with E-state index in [9.17, 15) is 18.4 Å². The first-order valence-corrected chi connectivity index (χ1v) is 9.75. The van der Waals surface area contributed by atoms with Gasteiger partial charge in [-0.2, -0.15) is 0 Å². The van der Waals surface area contributed by atoms with Crippen molar-refractivity contribution in [3.63, 3.8) is 0 Å². The SMILES string of the molecule is CCCCCCCCCCCC(F)C(=O)c1c[nH]c(C(=O)OCC)c1F. The number of ether oxygens (including phenoxy) is 1. The van der Waals surface area contributed by atoms with Gasteiger partial charge in [0, 0.05) is 6.20 Å². The van der Waals surface area contributed by atoms with Gasteiger partial charge in [0.25, 0.3) is 0 Å². The molecular formula is C20H31F2NO3. The normalized spacial score (nSPS) is 12.2. The van der Waals surface area contributed by atoms with Crippen LogP contribution >= 0.6 is 0 Å². The number of rotatable bonds is 14. The lowest BCUT2D eigenvalue weighted by Crippen LogP contribution is -2.17. The van der Waals surface area contributed by atoms with Crippen LogP contribution in [0.3, 0.4) is 0 Å². The maximum atomic E-state index is 14.1. The maximum Gasteiger partial charge on any atom is 0.357 e. The molecule has 6 heteroatoms. The quantitative estimate of drug-likeness (QED) is 0.256. The second-order valence-corrected chi connectivity index (χ2v) is 6.56. The molecule has 0 radical (unpaired) electrons. The minimum atomic E-state index is -1.75. The summed E-state index contributed by atoms with van der Waals surface area (Å²) >= 11 is 0. The van der Waals surface area contributed by atoms with Gasteiger partial charge in [-0.05, 0) is 13.3 Å². The number of halogens is 2. The summed E-state index contributed by atoms with van der Waals surface area (Å²) < 4.78 is 32.9. The van der Waals surface area contributed by atoms with Crippen molar-refractivity contribution < 1.29 is 23.1 Å². The van der Waals surface area contributed by atoms with Gasteiger partial charge in [0.15, 0.2) is 17.7 Å². The van der Waals surface area contributed by atoms with E-state index in [2.05, 4.69) is 16.6 Å². The summed E-state index contributed by atoms with van der Waals surface area (Å²) in [6.45, 7) is 3.87. The topological polar surface area (TPSA) is 59.2 Å². The highest BCUT2D eigenvalue weighted by Gasteiger charge is 2.27. The number of unbranched alkanes of at least 4 members (excludes halogenated alkanes) is 8. The predicted octanol–water partition coefficient (Wildman–Crippen LogP) is 5.77. The fourth-order valence-electron chi connectivity index (χ4n) is 2.87. The van der Waals surface area contributed by atoms with Gasteiger partial charge in [-0.3, -0.25) is 4.79 Å². The van der Waals surface area contributed by atoms with Crippen LogP contribution in [0.1, 0.15) is 98.9 Å². The van der Waals surface area contributed by atoms with Gasteiger partial charge in [-0.15, -0.1) is 0 Å². The zero-order valence-corrected chi connectivity index (χ0v) is 15.9. The lowest BCUT2D eigenvalue weighted by atomic mass is 10.0. The first-order chi connectivity index (χ1) is 12.5. The molecule has 0 saturated carbocycles. The minimum absolute atomic E-state index is 0.0774. The molecule has 1 N–H and O–H groups in total. The van der Waals surface area contributed by atoms with Crippen LogP contribution in [0, 0.1) is 5.82 Å². The minimum Gasteiger partial charge on any atom is -0.461 e. The Bertz CT molecular complexity index is 557. The van der Waals surface area contributed by atoms with Crippen LogP contribution in [0.5, 0.6) is 0 Å². The van der Waals surface area contributed by atoms with Crippen molar-refractivity contribution in [2.45, 2.75) is 84.2 Å². The van der Waals surface area contributed by atoms with Crippen molar-refractivity contribution in [2.75, 3.05) is 6.61 Å². The van der Waals surface area contributed by atoms with Gasteiger partial charge in [0.1, 0.15) is 0 Å². The molecule has 1 heterocycles. The van der Waals surface area contributed by atoms with Gasteiger partial charge in [0.05, 0.1) is 12.2 Å². The molecule has 26 heavy (non-hydrogen) atoms. The summed E-state index contributed by atoms with van der Waals surface area (Å²) in [4.78, 5) is 25.9. The number of aromatic amines is 1. The van der Waals surface area contributed by atoms with Crippen LogP contribution in [-0.2, 0) is 4.74 Å². The van der Waals surface area contributed by atoms with Crippen molar-refractivity contribution in [2.24, 2.45) is 0 Å². The number of hydrogen-bond acceptors (Lipinski definition) is 3. The number of carbonyl (C=O) groups excluding carboxylic acids is 2. The Balaban J connectivity index is 2.32. The zero-order valence-electron chi connectivity index (χ0n) is 15.9. The highest BCUT2D eigenvalue weighted by molar-refractivity contribution is 6.01. The highest BCUT2D eigenvalue weighted by atomic mass is 19.1. The summed E-state index contributed by atoms with van der Waals surface area (Å²) in [5.74, 6) is -2.85. The Labute approximate surface area is 154 Å². The molecule has 1 aromatic rings. The fourth-order valence-corrected chi connectivity index (χ4v) is 2.87. The third-order valence-electron chi connectivity index (χ3n) is 4.41. The number of aromatic nitrogens is 1. The number of hydrogen-bond donors (Lipinski definition) is 1. The van der Waals surface area contributed by atoms with Gasteiger partial charge in [-0.1, -0.05) is 64.7 Å². The second kappa shape index (κ2) is 12.6. The average molecular weight is 371 g/mol. The van der Waals surface area contributed by atoms with E-state index in [1.54, 1.807) is 6.92 Å². The first kappa shape index (κ1) is 22.3. The Kier molecular flexibility index (Phi) is 10.8. The predicted molar refractivity (Wildman–Crippen MR) is 97.8 cm³/mol. The van der Waals surface area contributed by atoms with E-state index in [4.69, 9.17) is 0 Å². The van der Waals surface area contributed by atoms with E-state index >= 15 is 0 Å². The van der Waals surface area contributed by atoms with E-state index in [1.807, 2.05) is 0 Å². The smallest absolute Gasteiger partial charge is 0.357 e. The van der Waals surface area contributed by atoms with Crippen LogP contribution in [0.2, 0.25) is 0 Å². The molecule has 0 aromatic carbocycles. The van der Waals surface area contributed by atoms with Crippen LogP contribution < -0.4 is 0 Å². The van der Waals surface area contributed by atoms with Crippen molar-refractivity contribution in [3.8, 4) is 0 Å². The summed E-state index contributed by atoms with van der Waals surface area (Å²) in [5.41, 5.74) is -0.859. The van der Waals surface area contributed by atoms with Gasteiger partial charge in [0.2, 0.25) is 5.78 Å². The number of carbonyl (C=O) groups is 2. The lowest BCUT2D eigenvalue weighted by Gasteiger charge is -2.06. The standard InChI is InChI=1S/C20H31F2NO3/c1-3-5-6-7-8-9-10-11-12-13-16(21)19(24)15-14-23-18(17(15)22)20(25)26-4-2/h14,16,23H,3-13H2,1-2H3. The molecule has 0 fully saturated rings. The Morgan fingerprint density at radius 2 is 1.62 bits per heavy atom. The molecule has 1 rings (SSSR count). The third kappa shape index (κ3) is 7.26. The molecule has 148 valence electrons. The zero-order chi connectivity index (χ0) is 19.4. The van der Waals surface area contributed by atoms with E-state index in [0.717, 1.165) is 25.5 Å². The number of H-pyrrole nitrogens is 1. The van der Waals surface area contributed by atoms with Gasteiger partial charge in [-0.25, -0.2) is 13.6 Å². The summed E-state index contributed by atoms with van der Waals surface area (Å²) in [7, 11) is 0. The van der Waals surface area contributed by atoms with Crippen molar-refractivity contribution in [3.05, 3.63) is 23.3 Å². The molecule has 0 aliphatic carbocycles. The summed E-state index contributed by atoms with van der Waals surface area (Å²) in [5, 5.41) is 0. The molecule has 0 aliphatic heterocycles. The maximum absolute atomic E-state index is 14.1. The van der Waals surface area contributed by atoms with Gasteiger partial charge < -0.3 is 9.72 Å². The number of nitrogens with one attached hydrogen (secondary N) is 1. The van der Waals surface area contributed by atoms with Gasteiger partial charge >= 0.3 is 5.97 Å². The van der Waals surface area contributed by atoms with Crippen LogP contribution in [0.4, 0.5) is 8.78 Å². The molecule has 0 spiro atoms. The third-order valence-corrected chi connectivity index (χ3v) is 4.41. The molecule has 0 saturated heterocycles. The Morgan fingerprint density at radius 1 is 1.04 bits per heavy atom. The Hall–Kier alpha value is -1.72. The van der Waals surface area contributed by atoms with Crippen LogP contribution in [-0.4, -0.2) is 29.5 Å². The van der Waals surface area contributed by atoms with E-state index in [-0.39, 0.29) is 13.0 Å². The van der Waals surface area contributed by atoms with E-state index in [0.29, 0.717) is 6.42 Å². The first-order valence-electron chi connectivity index (χ1n) is 9.75. The monoisotopic (exact) mass is 371 g/mol. The molecule has 0 aliphatic rings. The highest BCUT2D eigenvalue weighted by Crippen LogP contribution is 2.19. The van der Waals surface area contributed by atoms with E-state index in [1.165, 1.54) is 32.1 Å². The molecule has 1 aromatic heterocycles. The molecule has 1 unspecified atom stereocenters. The number of alkyl halides is 1. The summed E-state index contributed by atoms with van der Waals surface area (Å²) in [6.07, 6.45) is 9.20. The lowest BCUT2D eigenvalue weighted by molar-refractivity contribution is 0.0515. The fraction of sp³-hybridized carbons (Fsp3) is 0.700. The van der Waals surface area contributed by atoms with Crippen molar-refractivity contribution in [1.29, 1.82) is 0 Å². The number of ketones is 1. The number of esters is 1. The van der Waals surface area contributed by atoms with E-state index < -0.39 is 35.0 Å². The summed E-state index contributed by atoms with van der Waals surface area (Å²) in [6, 6.07) is 0. The van der Waals surface area contributed by atoms with Crippen LogP contribution in [0.15, 0.2) is 6.20 Å². The van der Waals surface area contributed by atoms with Crippen molar-refractivity contribution in [1.82, 2.24) is 4.98 Å². The molecular weight excluding hydrogens is 340 g/mol. The van der Waals surface area contributed by atoms with Crippen LogP contribution in [0.25, 0.3) is 0 Å². The molecule has 4 nitrogen and oxygen atoms in total.